The minimum atomic E-state index is -4.16. The van der Waals surface area contributed by atoms with Gasteiger partial charge in [-0.05, 0) is 111 Å². The molecular weight excluding hydrogens is 879 g/mol. The van der Waals surface area contributed by atoms with Crippen LogP contribution in [0.3, 0.4) is 0 Å². The van der Waals surface area contributed by atoms with Crippen LogP contribution in [0.15, 0.2) is 0 Å². The Bertz CT molecular complexity index is 1600. The van der Waals surface area contributed by atoms with Crippen LogP contribution in [0.5, 0.6) is 0 Å². The van der Waals surface area contributed by atoms with Gasteiger partial charge in [0.05, 0.1) is 24.4 Å². The number of hydrogen-bond acceptors (Lipinski definition) is 18. The van der Waals surface area contributed by atoms with Crippen LogP contribution in [0.2, 0.25) is 0 Å². The van der Waals surface area contributed by atoms with E-state index in [1.165, 1.54) is 0 Å². The van der Waals surface area contributed by atoms with Crippen LogP contribution in [0.1, 0.15) is 111 Å². The first kappa shape index (κ1) is 52.6. The summed E-state index contributed by atoms with van der Waals surface area (Å²) in [7, 11) is 5.76. The van der Waals surface area contributed by atoms with Gasteiger partial charge in [0.1, 0.15) is 49.8 Å². The topological polar surface area (TPSA) is 208 Å². The Morgan fingerprint density at radius 3 is 1.28 bits per heavy atom. The van der Waals surface area contributed by atoms with Crippen molar-refractivity contribution in [3.8, 4) is 0 Å². The average Bonchev–Trinajstić information content (AvgIpc) is 3.62. The maximum atomic E-state index is 11.1. The number of ether oxygens (including phenoxy) is 12. The normalized spacial score (nSPS) is 35.7. The number of aliphatic hydroxyl groups is 1. The second kappa shape index (κ2) is 17.6. The van der Waals surface area contributed by atoms with E-state index >= 15 is 0 Å². The molecule has 0 aromatic rings. The molecule has 58 heavy (non-hydrogen) atoms. The van der Waals surface area contributed by atoms with Crippen molar-refractivity contribution in [2.75, 3.05) is 26.4 Å². The molecule has 344 valence electrons. The Balaban J connectivity index is 0.000000226. The molecule has 0 bridgehead atoms. The second-order valence-corrected chi connectivity index (χ2v) is 24.4. The summed E-state index contributed by atoms with van der Waals surface area (Å²) >= 11 is 0. The molecule has 6 heterocycles. The van der Waals surface area contributed by atoms with E-state index in [1.54, 1.807) is 41.5 Å². The molecule has 0 aliphatic carbocycles. The molecule has 0 amide bonds. The first-order valence-electron chi connectivity index (χ1n) is 18.6. The molecule has 0 aromatic carbocycles. The summed E-state index contributed by atoms with van der Waals surface area (Å²) in [6, 6.07) is 0. The lowest BCUT2D eigenvalue weighted by Crippen LogP contribution is -2.60. The van der Waals surface area contributed by atoms with Gasteiger partial charge in [-0.3, -0.25) is 4.18 Å². The van der Waals surface area contributed by atoms with E-state index in [4.69, 9.17) is 75.9 Å². The fourth-order valence-corrected chi connectivity index (χ4v) is 8.00. The van der Waals surface area contributed by atoms with Crippen molar-refractivity contribution in [3.05, 3.63) is 0 Å². The van der Waals surface area contributed by atoms with E-state index in [2.05, 4.69) is 25.5 Å². The molecule has 6 rings (SSSR count). The maximum Gasteiger partial charge on any atom is 0.355 e. The monoisotopic (exact) mass is 940 g/mol. The Kier molecular flexibility index (Phi) is 16.0. The molecule has 0 radical (unpaired) electrons. The Morgan fingerprint density at radius 1 is 0.586 bits per heavy atom. The van der Waals surface area contributed by atoms with Crippen LogP contribution < -0.4 is 0 Å². The van der Waals surface area contributed by atoms with E-state index < -0.39 is 83.0 Å². The molecule has 6 aliphatic heterocycles. The SMILES string of the molecule is CC(C)(C)OC(C)(C)OC(C)(C)C.CC1(C)O[C@@H]2[C@@H](CO[C@@]3(CO)OC(C)(C)O[C@@H]23)O1.CC1(C)O[C@@H]2[C@@H](CO[C@@]3(COS(=O)(=O)Cl)OC(C)(C)O[C@@H]23)O1.O=S(=O)(Cl)Cl. The van der Waals surface area contributed by atoms with Gasteiger partial charge in [-0.25, -0.2) is 0 Å². The molecule has 8 atom stereocenters. The van der Waals surface area contributed by atoms with Gasteiger partial charge in [-0.15, -0.1) is 0 Å². The third-order valence-electron chi connectivity index (χ3n) is 8.27. The van der Waals surface area contributed by atoms with Crippen molar-refractivity contribution in [2.24, 2.45) is 0 Å². The van der Waals surface area contributed by atoms with Crippen LogP contribution in [0, 0.1) is 0 Å². The van der Waals surface area contributed by atoms with Crippen molar-refractivity contribution in [2.45, 2.75) is 199 Å². The fourth-order valence-electron chi connectivity index (χ4n) is 7.56. The largest absolute Gasteiger partial charge is 0.391 e. The number of fused-ring (bicyclic) bond motifs is 6. The van der Waals surface area contributed by atoms with Gasteiger partial charge < -0.3 is 61.9 Å². The van der Waals surface area contributed by atoms with E-state index in [0.29, 0.717) is 6.61 Å². The quantitative estimate of drug-likeness (QED) is 0.264. The zero-order valence-electron chi connectivity index (χ0n) is 36.1. The number of rotatable bonds is 6. The van der Waals surface area contributed by atoms with Gasteiger partial charge in [0.2, 0.25) is 11.6 Å². The van der Waals surface area contributed by atoms with Crippen molar-refractivity contribution >= 4 is 49.6 Å². The smallest absolute Gasteiger partial charge is 0.355 e. The van der Waals surface area contributed by atoms with Crippen LogP contribution in [-0.2, 0) is 78.6 Å². The molecule has 23 heteroatoms. The van der Waals surface area contributed by atoms with Gasteiger partial charge in [-0.1, -0.05) is 0 Å². The van der Waals surface area contributed by atoms with Crippen LogP contribution in [0.25, 0.3) is 0 Å². The minimum absolute atomic E-state index is 0.162. The highest BCUT2D eigenvalue weighted by molar-refractivity contribution is 8.31. The Labute approximate surface area is 356 Å². The van der Waals surface area contributed by atoms with Gasteiger partial charge in [0.15, 0.2) is 28.9 Å². The molecule has 0 saturated carbocycles. The van der Waals surface area contributed by atoms with E-state index in [9.17, 15) is 13.5 Å². The van der Waals surface area contributed by atoms with Crippen molar-refractivity contribution < 1.29 is 83.0 Å². The lowest BCUT2D eigenvalue weighted by molar-refractivity contribution is -0.294. The molecule has 0 aromatic heterocycles. The molecule has 6 saturated heterocycles. The fraction of sp³-hybridized carbons (Fsp3) is 1.00. The number of hydrogen-bond donors (Lipinski definition) is 1. The predicted molar refractivity (Wildman–Crippen MR) is 209 cm³/mol. The van der Waals surface area contributed by atoms with Gasteiger partial charge in [-0.2, -0.15) is 16.8 Å². The summed E-state index contributed by atoms with van der Waals surface area (Å²) in [6.45, 7) is 30.1. The third-order valence-corrected chi connectivity index (χ3v) is 8.94. The lowest BCUT2D eigenvalue weighted by atomic mass is 9.98. The highest BCUT2D eigenvalue weighted by atomic mass is 36.0. The summed E-state index contributed by atoms with van der Waals surface area (Å²) in [4.78, 5) is 0. The average molecular weight is 942 g/mol. The molecule has 6 aliphatic rings. The first-order valence-corrected chi connectivity index (χ1v) is 24.0. The second-order valence-electron chi connectivity index (χ2n) is 18.6. The predicted octanol–water partition coefficient (Wildman–Crippen LogP) is 5.32. The summed E-state index contributed by atoms with van der Waals surface area (Å²) in [5, 5.41) is 9.61. The lowest BCUT2D eigenvalue weighted by Gasteiger charge is -2.39. The van der Waals surface area contributed by atoms with Crippen molar-refractivity contribution in [1.82, 2.24) is 0 Å². The Hall–Kier alpha value is 0.210. The zero-order chi connectivity index (χ0) is 45.0. The van der Waals surface area contributed by atoms with Crippen LogP contribution in [-0.4, -0.2) is 137 Å². The summed E-state index contributed by atoms with van der Waals surface area (Å²) < 4.78 is 115. The molecule has 6 fully saturated rings. The molecule has 18 nitrogen and oxygen atoms in total. The van der Waals surface area contributed by atoms with Gasteiger partial charge >= 0.3 is 17.6 Å². The van der Waals surface area contributed by atoms with E-state index in [-0.39, 0.29) is 42.7 Å². The molecule has 1 N–H and O–H groups in total. The van der Waals surface area contributed by atoms with E-state index in [0.717, 1.165) is 0 Å². The standard InChI is InChI=1S/C12H19ClO8S.C12H20O6.C11H24O2.Cl2O2S/c1-10(2)18-7-5-16-12(6-17-22(13,14)15)9(8(7)19-10)20-11(3,4)21-12;1-10(2)15-7-5-14-12(6-13)9(8(7)16-10)17-11(3,4)18-12;1-9(2,3)12-11(7,8)13-10(4,5)6;1-5(2,3)4/h7-9H,5-6H2,1-4H3;7-9,13H,5-6H2,1-4H3;1-8H3;/t2*7-,8-,9+,12+;;/m11../s1. The first-order chi connectivity index (χ1) is 25.6. The summed E-state index contributed by atoms with van der Waals surface area (Å²) in [6.07, 6.45) is -2.48. The molecule has 0 unspecified atom stereocenters. The Morgan fingerprint density at radius 2 is 0.931 bits per heavy atom. The van der Waals surface area contributed by atoms with E-state index in [1.807, 2.05) is 69.2 Å². The minimum Gasteiger partial charge on any atom is -0.391 e. The van der Waals surface area contributed by atoms with Gasteiger partial charge in [0, 0.05) is 32.0 Å². The van der Waals surface area contributed by atoms with Crippen LogP contribution >= 0.6 is 32.0 Å². The number of aliphatic hydroxyl groups excluding tert-OH is 1. The van der Waals surface area contributed by atoms with Crippen molar-refractivity contribution in [1.29, 1.82) is 0 Å². The molecular formula is C35H63Cl3O18S2. The molecule has 0 spiro atoms. The van der Waals surface area contributed by atoms with Crippen molar-refractivity contribution in [3.63, 3.8) is 0 Å². The third kappa shape index (κ3) is 15.8. The highest BCUT2D eigenvalue weighted by Gasteiger charge is 2.67. The van der Waals surface area contributed by atoms with Crippen LogP contribution in [0.4, 0.5) is 0 Å². The zero-order valence-corrected chi connectivity index (χ0v) is 40.0. The number of halogens is 3. The van der Waals surface area contributed by atoms with Gasteiger partial charge in [0.25, 0.3) is 0 Å². The summed E-state index contributed by atoms with van der Waals surface area (Å²) in [5.74, 6) is -6.35. The highest BCUT2D eigenvalue weighted by Crippen LogP contribution is 2.49. The summed E-state index contributed by atoms with van der Waals surface area (Å²) in [5.41, 5.74) is -0.344. The maximum absolute atomic E-state index is 11.1.